The smallest absolute Gasteiger partial charge is 0.326 e. The van der Waals surface area contributed by atoms with Gasteiger partial charge in [-0.2, -0.15) is 11.8 Å². The van der Waals surface area contributed by atoms with Crippen LogP contribution in [0.4, 0.5) is 0 Å². The van der Waals surface area contributed by atoms with Gasteiger partial charge in [-0.3, -0.25) is 19.4 Å². The van der Waals surface area contributed by atoms with Crippen LogP contribution in [0.2, 0.25) is 0 Å². The number of aliphatic imine (C=N–C) groups is 1. The van der Waals surface area contributed by atoms with Crippen LogP contribution in [0.15, 0.2) is 4.99 Å². The predicted octanol–water partition coefficient (Wildman–Crippen LogP) is -1.03. The number of aliphatic carboxylic acids is 1. The van der Waals surface area contributed by atoms with Crippen LogP contribution < -0.4 is 33.2 Å². The van der Waals surface area contributed by atoms with E-state index < -0.39 is 47.9 Å². The molecule has 196 valence electrons. The highest BCUT2D eigenvalue weighted by Crippen LogP contribution is 2.08. The fraction of sp³-hybridized carbons (Fsp3) is 0.762. The van der Waals surface area contributed by atoms with Crippen molar-refractivity contribution in [3.05, 3.63) is 0 Å². The Kier molecular flexibility index (Phi) is 14.9. The first-order valence-electron chi connectivity index (χ1n) is 11.3. The van der Waals surface area contributed by atoms with Gasteiger partial charge in [0, 0.05) is 6.54 Å². The highest BCUT2D eigenvalue weighted by molar-refractivity contribution is 7.98. The quantitative estimate of drug-likeness (QED) is 0.0777. The Balaban J connectivity index is 5.36. The van der Waals surface area contributed by atoms with E-state index >= 15 is 0 Å². The molecule has 0 aromatic carbocycles. The van der Waals surface area contributed by atoms with Crippen molar-refractivity contribution in [2.24, 2.45) is 34.0 Å². The molecule has 12 nitrogen and oxygen atoms in total. The van der Waals surface area contributed by atoms with Crippen molar-refractivity contribution in [3.8, 4) is 0 Å². The lowest BCUT2D eigenvalue weighted by molar-refractivity contribution is -0.142. The van der Waals surface area contributed by atoms with Crippen LogP contribution in [0.3, 0.4) is 0 Å². The molecule has 3 amide bonds. The van der Waals surface area contributed by atoms with E-state index in [9.17, 15) is 24.3 Å². The van der Waals surface area contributed by atoms with Crippen molar-refractivity contribution in [2.75, 3.05) is 18.6 Å². The molecule has 0 aromatic heterocycles. The number of nitrogens with one attached hydrogen (secondary N) is 3. The second-order valence-corrected chi connectivity index (χ2v) is 9.68. The molecule has 0 fully saturated rings. The Labute approximate surface area is 205 Å². The van der Waals surface area contributed by atoms with Crippen molar-refractivity contribution >= 4 is 41.4 Å². The number of carbonyl (C=O) groups excluding carboxylic acids is 3. The summed E-state index contributed by atoms with van der Waals surface area (Å²) in [7, 11) is 0. The third kappa shape index (κ3) is 12.1. The fourth-order valence-corrected chi connectivity index (χ4v) is 3.36. The molecule has 0 bridgehead atoms. The molecule has 0 saturated carbocycles. The van der Waals surface area contributed by atoms with Crippen LogP contribution in [0.25, 0.3) is 0 Å². The number of carboxylic acids is 1. The van der Waals surface area contributed by atoms with Gasteiger partial charge in [0.25, 0.3) is 0 Å². The van der Waals surface area contributed by atoms with E-state index in [2.05, 4.69) is 20.9 Å². The number of carboxylic acid groups (broad SMARTS) is 1. The monoisotopic (exact) mass is 503 g/mol. The van der Waals surface area contributed by atoms with Gasteiger partial charge >= 0.3 is 5.97 Å². The summed E-state index contributed by atoms with van der Waals surface area (Å²) < 4.78 is 0. The zero-order valence-corrected chi connectivity index (χ0v) is 21.5. The molecule has 4 unspecified atom stereocenters. The first-order valence-corrected chi connectivity index (χ1v) is 12.6. The van der Waals surface area contributed by atoms with Gasteiger partial charge in [-0.15, -0.1) is 0 Å². The van der Waals surface area contributed by atoms with Crippen molar-refractivity contribution in [1.29, 1.82) is 0 Å². The van der Waals surface area contributed by atoms with Gasteiger partial charge in [0.2, 0.25) is 17.7 Å². The first-order chi connectivity index (χ1) is 15.8. The van der Waals surface area contributed by atoms with E-state index in [-0.39, 0.29) is 37.2 Å². The number of nitrogens with zero attached hydrogens (tertiary/aromatic N) is 1. The van der Waals surface area contributed by atoms with Crippen molar-refractivity contribution < 1.29 is 24.3 Å². The molecule has 0 spiro atoms. The van der Waals surface area contributed by atoms with Crippen LogP contribution in [0.1, 0.15) is 47.0 Å². The number of hydrogen-bond acceptors (Lipinski definition) is 7. The van der Waals surface area contributed by atoms with Gasteiger partial charge in [0.1, 0.15) is 18.1 Å². The van der Waals surface area contributed by atoms with Gasteiger partial charge in [-0.1, -0.05) is 27.7 Å². The summed E-state index contributed by atoms with van der Waals surface area (Å²) in [6, 6.07) is -3.83. The van der Waals surface area contributed by atoms with Crippen LogP contribution in [-0.4, -0.2) is 77.5 Å². The fourth-order valence-electron chi connectivity index (χ4n) is 2.89. The van der Waals surface area contributed by atoms with Gasteiger partial charge in [0.15, 0.2) is 5.96 Å². The largest absolute Gasteiger partial charge is 0.480 e. The average Bonchev–Trinajstić information content (AvgIpc) is 2.74. The molecule has 0 aliphatic rings. The Hall–Kier alpha value is -2.54. The number of carbonyl (C=O) groups is 4. The van der Waals surface area contributed by atoms with Crippen LogP contribution >= 0.6 is 11.8 Å². The summed E-state index contributed by atoms with van der Waals surface area (Å²) in [5, 5.41) is 17.3. The molecular weight excluding hydrogens is 462 g/mol. The summed E-state index contributed by atoms with van der Waals surface area (Å²) in [5.74, 6) is -2.76. The summed E-state index contributed by atoms with van der Waals surface area (Å²) in [6.07, 6.45) is 2.58. The molecular formula is C21H41N7O5S. The molecule has 0 aromatic rings. The van der Waals surface area contributed by atoms with E-state index in [1.165, 1.54) is 11.8 Å². The third-order valence-corrected chi connectivity index (χ3v) is 5.72. The first kappa shape index (κ1) is 31.5. The molecule has 0 heterocycles. The van der Waals surface area contributed by atoms with E-state index in [1.54, 1.807) is 27.7 Å². The van der Waals surface area contributed by atoms with E-state index in [1.807, 2.05) is 6.26 Å². The maximum Gasteiger partial charge on any atom is 0.326 e. The van der Waals surface area contributed by atoms with Crippen LogP contribution in [0.5, 0.6) is 0 Å². The topological polar surface area (TPSA) is 215 Å². The number of hydrogen-bond donors (Lipinski definition) is 7. The van der Waals surface area contributed by atoms with E-state index in [4.69, 9.17) is 17.2 Å². The lowest BCUT2D eigenvalue weighted by atomic mass is 10.00. The second kappa shape index (κ2) is 16.1. The van der Waals surface area contributed by atoms with E-state index in [0.29, 0.717) is 12.2 Å². The van der Waals surface area contributed by atoms with Crippen molar-refractivity contribution in [3.63, 3.8) is 0 Å². The second-order valence-electron chi connectivity index (χ2n) is 8.69. The molecule has 0 rings (SSSR count). The number of nitrogens with two attached hydrogens (primary N) is 3. The lowest BCUT2D eigenvalue weighted by Crippen LogP contribution is -2.59. The zero-order valence-electron chi connectivity index (χ0n) is 20.7. The molecule has 10 N–H and O–H groups in total. The molecule has 4 atom stereocenters. The Morgan fingerprint density at radius 1 is 0.882 bits per heavy atom. The lowest BCUT2D eigenvalue weighted by Gasteiger charge is -2.27. The van der Waals surface area contributed by atoms with Gasteiger partial charge < -0.3 is 38.3 Å². The summed E-state index contributed by atoms with van der Waals surface area (Å²) in [4.78, 5) is 53.7. The number of thioether (sulfide) groups is 1. The minimum absolute atomic E-state index is 0.100. The Bertz CT molecular complexity index is 714. The van der Waals surface area contributed by atoms with Crippen LogP contribution in [-0.2, 0) is 19.2 Å². The molecule has 0 aliphatic carbocycles. The number of amides is 3. The highest BCUT2D eigenvalue weighted by atomic mass is 32.2. The molecule has 0 aliphatic heterocycles. The normalized spacial score (nSPS) is 14.6. The van der Waals surface area contributed by atoms with Crippen LogP contribution in [0, 0.1) is 11.8 Å². The summed E-state index contributed by atoms with van der Waals surface area (Å²) in [5.41, 5.74) is 16.4. The third-order valence-electron chi connectivity index (χ3n) is 5.07. The zero-order chi connectivity index (χ0) is 26.4. The minimum atomic E-state index is -1.21. The Morgan fingerprint density at radius 3 is 1.94 bits per heavy atom. The molecule has 0 saturated heterocycles. The number of guanidine groups is 1. The van der Waals surface area contributed by atoms with Crippen molar-refractivity contribution in [2.45, 2.75) is 71.1 Å². The standard InChI is InChI=1S/C21H41N7O5S/c1-11(2)15(22)18(30)28-16(12(3)4)19(31)26-13(8-10-34-5)17(29)27-14(20(32)33)7-6-9-25-21(23)24/h11-16H,6-10,22H2,1-5H3,(H,26,31)(H,27,29)(H,28,30)(H,32,33)(H4,23,24,25). The van der Waals surface area contributed by atoms with E-state index in [0.717, 1.165) is 0 Å². The molecule has 34 heavy (non-hydrogen) atoms. The minimum Gasteiger partial charge on any atom is -0.480 e. The summed E-state index contributed by atoms with van der Waals surface area (Å²) in [6.45, 7) is 7.35. The molecule has 13 heteroatoms. The maximum absolute atomic E-state index is 13.0. The Morgan fingerprint density at radius 2 is 1.47 bits per heavy atom. The van der Waals surface area contributed by atoms with Crippen molar-refractivity contribution in [1.82, 2.24) is 16.0 Å². The van der Waals surface area contributed by atoms with Gasteiger partial charge in [-0.05, 0) is 43.1 Å². The SMILES string of the molecule is CSCCC(NC(=O)C(NC(=O)C(N)C(C)C)C(C)C)C(=O)NC(CCCN=C(N)N)C(=O)O. The maximum atomic E-state index is 13.0. The molecule has 0 radical (unpaired) electrons. The summed E-state index contributed by atoms with van der Waals surface area (Å²) >= 11 is 1.48. The highest BCUT2D eigenvalue weighted by Gasteiger charge is 2.31. The van der Waals surface area contributed by atoms with Gasteiger partial charge in [0.05, 0.1) is 6.04 Å². The average molecular weight is 504 g/mol. The van der Waals surface area contributed by atoms with Gasteiger partial charge in [-0.25, -0.2) is 4.79 Å². The predicted molar refractivity (Wildman–Crippen MR) is 134 cm³/mol. The number of rotatable bonds is 16.